The Labute approximate surface area is 89.5 Å². The summed E-state index contributed by atoms with van der Waals surface area (Å²) in [6, 6.07) is 1.79. The van der Waals surface area contributed by atoms with E-state index in [4.69, 9.17) is 5.73 Å². The van der Waals surface area contributed by atoms with Crippen molar-refractivity contribution in [3.63, 3.8) is 0 Å². The first kappa shape index (κ1) is 12.9. The highest BCUT2D eigenvalue weighted by Gasteiger charge is 2.31. The minimum Gasteiger partial charge on any atom is -0.389 e. The van der Waals surface area contributed by atoms with Gasteiger partial charge < -0.3 is 15.9 Å². The number of nitrogens with two attached hydrogens (primary N) is 1. The molecule has 0 aliphatic heterocycles. The number of rotatable bonds is 3. The van der Waals surface area contributed by atoms with Crippen LogP contribution in [-0.2, 0) is 6.18 Å². The molecular formula is C9H11F3N2O2. The van der Waals surface area contributed by atoms with Gasteiger partial charge in [-0.05, 0) is 12.1 Å². The Morgan fingerprint density at radius 3 is 2.31 bits per heavy atom. The van der Waals surface area contributed by atoms with Crippen molar-refractivity contribution in [2.45, 2.75) is 18.4 Å². The van der Waals surface area contributed by atoms with E-state index in [-0.39, 0.29) is 12.2 Å². The van der Waals surface area contributed by atoms with Gasteiger partial charge in [0.1, 0.15) is 6.10 Å². The van der Waals surface area contributed by atoms with Crippen molar-refractivity contribution in [2.24, 2.45) is 5.73 Å². The van der Waals surface area contributed by atoms with Crippen molar-refractivity contribution in [1.82, 2.24) is 4.98 Å². The Morgan fingerprint density at radius 2 is 1.94 bits per heavy atom. The van der Waals surface area contributed by atoms with Gasteiger partial charge in [-0.25, -0.2) is 0 Å². The summed E-state index contributed by atoms with van der Waals surface area (Å²) in [4.78, 5) is 3.43. The maximum Gasteiger partial charge on any atom is 0.417 e. The molecule has 1 aromatic heterocycles. The van der Waals surface area contributed by atoms with Gasteiger partial charge in [-0.1, -0.05) is 0 Å². The molecular weight excluding hydrogens is 225 g/mol. The number of hydrogen-bond donors (Lipinski definition) is 3. The molecule has 4 nitrogen and oxygen atoms in total. The third-order valence-corrected chi connectivity index (χ3v) is 2.02. The predicted octanol–water partition coefficient (Wildman–Crippen LogP) is 0.453. The molecule has 16 heavy (non-hydrogen) atoms. The molecule has 0 saturated carbocycles. The lowest BCUT2D eigenvalue weighted by atomic mass is 10.1. The second kappa shape index (κ2) is 4.77. The normalized spacial score (nSPS) is 15.9. The fourth-order valence-electron chi connectivity index (χ4n) is 1.07. The van der Waals surface area contributed by atoms with Crippen LogP contribution in [0.5, 0.6) is 0 Å². The molecule has 0 radical (unpaired) electrons. The van der Waals surface area contributed by atoms with E-state index in [1.54, 1.807) is 0 Å². The predicted molar refractivity (Wildman–Crippen MR) is 49.3 cm³/mol. The topological polar surface area (TPSA) is 79.4 Å². The fraction of sp³-hybridized carbons (Fsp3) is 0.444. The van der Waals surface area contributed by atoms with E-state index in [9.17, 15) is 23.4 Å². The zero-order valence-corrected chi connectivity index (χ0v) is 8.15. The molecule has 7 heteroatoms. The fourth-order valence-corrected chi connectivity index (χ4v) is 1.07. The van der Waals surface area contributed by atoms with Gasteiger partial charge in [-0.2, -0.15) is 13.2 Å². The first-order chi connectivity index (χ1) is 7.36. The molecule has 0 amide bonds. The van der Waals surface area contributed by atoms with E-state index in [0.717, 1.165) is 12.1 Å². The highest BCUT2D eigenvalue weighted by molar-refractivity contribution is 5.18. The zero-order valence-electron chi connectivity index (χ0n) is 8.15. The van der Waals surface area contributed by atoms with Gasteiger partial charge in [0.2, 0.25) is 0 Å². The van der Waals surface area contributed by atoms with Gasteiger partial charge in [0.25, 0.3) is 0 Å². The second-order valence-electron chi connectivity index (χ2n) is 3.22. The maximum atomic E-state index is 12.2. The third-order valence-electron chi connectivity index (χ3n) is 2.02. The number of alkyl halides is 3. The molecule has 1 heterocycles. The van der Waals surface area contributed by atoms with Crippen molar-refractivity contribution < 1.29 is 23.4 Å². The number of pyridine rings is 1. The summed E-state index contributed by atoms with van der Waals surface area (Å²) in [6.07, 6.45) is -6.50. The highest BCUT2D eigenvalue weighted by Crippen LogP contribution is 2.29. The number of aliphatic hydroxyl groups excluding tert-OH is 2. The van der Waals surface area contributed by atoms with Gasteiger partial charge in [0, 0.05) is 12.7 Å². The molecule has 2 atom stereocenters. The second-order valence-corrected chi connectivity index (χ2v) is 3.22. The van der Waals surface area contributed by atoms with Crippen LogP contribution >= 0.6 is 0 Å². The van der Waals surface area contributed by atoms with E-state index >= 15 is 0 Å². The summed E-state index contributed by atoms with van der Waals surface area (Å²) in [6.45, 7) is -0.204. The van der Waals surface area contributed by atoms with Crippen LogP contribution in [0.3, 0.4) is 0 Å². The van der Waals surface area contributed by atoms with Crippen molar-refractivity contribution in [2.75, 3.05) is 6.54 Å². The van der Waals surface area contributed by atoms with E-state index in [1.807, 2.05) is 0 Å². The van der Waals surface area contributed by atoms with E-state index < -0.39 is 23.9 Å². The van der Waals surface area contributed by atoms with Crippen molar-refractivity contribution in [3.8, 4) is 0 Å². The molecule has 0 aliphatic carbocycles. The lowest BCUT2D eigenvalue weighted by molar-refractivity contribution is -0.137. The number of aliphatic hydroxyl groups is 2. The average Bonchev–Trinajstić information content (AvgIpc) is 2.26. The number of halogens is 3. The Morgan fingerprint density at radius 1 is 1.31 bits per heavy atom. The van der Waals surface area contributed by atoms with Crippen LogP contribution in [-0.4, -0.2) is 27.8 Å². The number of hydrogen-bond acceptors (Lipinski definition) is 4. The minimum absolute atomic E-state index is 0.0500. The van der Waals surface area contributed by atoms with Crippen LogP contribution in [0.15, 0.2) is 18.3 Å². The smallest absolute Gasteiger partial charge is 0.389 e. The van der Waals surface area contributed by atoms with E-state index in [2.05, 4.69) is 4.98 Å². The summed E-state index contributed by atoms with van der Waals surface area (Å²) < 4.78 is 36.5. The van der Waals surface area contributed by atoms with Crippen LogP contribution in [0.2, 0.25) is 0 Å². The van der Waals surface area contributed by atoms with Crippen LogP contribution in [0.25, 0.3) is 0 Å². The highest BCUT2D eigenvalue weighted by atomic mass is 19.4. The van der Waals surface area contributed by atoms with E-state index in [1.165, 1.54) is 0 Å². The Bertz CT molecular complexity index is 340. The minimum atomic E-state index is -4.47. The molecule has 2 unspecified atom stereocenters. The lowest BCUT2D eigenvalue weighted by Crippen LogP contribution is -2.27. The van der Waals surface area contributed by atoms with Gasteiger partial charge >= 0.3 is 6.18 Å². The van der Waals surface area contributed by atoms with Gasteiger partial charge in [0.15, 0.2) is 0 Å². The quantitative estimate of drug-likeness (QED) is 0.712. The van der Waals surface area contributed by atoms with E-state index in [0.29, 0.717) is 6.20 Å². The third kappa shape index (κ3) is 2.91. The summed E-state index contributed by atoms with van der Waals surface area (Å²) in [5.41, 5.74) is 4.13. The van der Waals surface area contributed by atoms with Crippen LogP contribution in [0.4, 0.5) is 13.2 Å². The largest absolute Gasteiger partial charge is 0.417 e. The monoisotopic (exact) mass is 236 g/mol. The summed E-state index contributed by atoms with van der Waals surface area (Å²) in [7, 11) is 0. The Hall–Kier alpha value is -1.18. The molecule has 90 valence electrons. The Kier molecular flexibility index (Phi) is 3.84. The molecule has 0 fully saturated rings. The SMILES string of the molecule is NCC(O)C(O)c1ccc(C(F)(F)F)cn1. The zero-order chi connectivity index (χ0) is 12.3. The lowest BCUT2D eigenvalue weighted by Gasteiger charge is -2.15. The number of aromatic nitrogens is 1. The summed E-state index contributed by atoms with van der Waals surface area (Å²) in [5, 5.41) is 18.6. The van der Waals surface area contributed by atoms with Gasteiger partial charge in [-0.15, -0.1) is 0 Å². The van der Waals surface area contributed by atoms with Crippen LogP contribution in [0, 0.1) is 0 Å². The summed E-state index contributed by atoms with van der Waals surface area (Å²) in [5.74, 6) is 0. The summed E-state index contributed by atoms with van der Waals surface area (Å²) >= 11 is 0. The molecule has 1 rings (SSSR count). The van der Waals surface area contributed by atoms with Crippen molar-refractivity contribution in [3.05, 3.63) is 29.6 Å². The molecule has 1 aromatic rings. The molecule has 0 aromatic carbocycles. The number of nitrogens with zero attached hydrogens (tertiary/aromatic N) is 1. The van der Waals surface area contributed by atoms with Gasteiger partial charge in [-0.3, -0.25) is 4.98 Å². The van der Waals surface area contributed by atoms with Crippen LogP contribution in [0.1, 0.15) is 17.4 Å². The first-order valence-corrected chi connectivity index (χ1v) is 4.45. The van der Waals surface area contributed by atoms with Crippen LogP contribution < -0.4 is 5.73 Å². The van der Waals surface area contributed by atoms with Gasteiger partial charge in [0.05, 0.1) is 17.4 Å². The Balaban J connectivity index is 2.87. The average molecular weight is 236 g/mol. The molecule has 0 aliphatic rings. The molecule has 4 N–H and O–H groups in total. The first-order valence-electron chi connectivity index (χ1n) is 4.45. The van der Waals surface area contributed by atoms with Crippen molar-refractivity contribution in [1.29, 1.82) is 0 Å². The molecule has 0 spiro atoms. The van der Waals surface area contributed by atoms with Crippen molar-refractivity contribution >= 4 is 0 Å². The standard InChI is InChI=1S/C9H11F3N2O2/c10-9(11,12)5-1-2-6(14-4-5)8(16)7(15)3-13/h1-2,4,7-8,15-16H,3,13H2. The molecule has 0 saturated heterocycles. The maximum absolute atomic E-state index is 12.2. The molecule has 0 bridgehead atoms.